The summed E-state index contributed by atoms with van der Waals surface area (Å²) in [6.45, 7) is 3.19. The number of hydrogen-bond acceptors (Lipinski definition) is 2. The van der Waals surface area contributed by atoms with Crippen LogP contribution in [-0.4, -0.2) is 18.3 Å². The molecule has 0 amide bonds. The van der Waals surface area contributed by atoms with E-state index in [1.54, 1.807) is 0 Å². The molecule has 0 saturated carbocycles. The van der Waals surface area contributed by atoms with Gasteiger partial charge in [-0.2, -0.15) is 0 Å². The molecule has 0 aliphatic heterocycles. The lowest BCUT2D eigenvalue weighted by Gasteiger charge is -2.10. The van der Waals surface area contributed by atoms with Crippen LogP contribution in [0.2, 0.25) is 0 Å². The molecule has 3 N–H and O–H groups in total. The fourth-order valence-corrected chi connectivity index (χ4v) is 0.971. The first-order valence-corrected chi connectivity index (χ1v) is 3.66. The lowest BCUT2D eigenvalue weighted by Crippen LogP contribution is -2.09. The number of hydrogen-bond donors (Lipinski definition) is 2. The van der Waals surface area contributed by atoms with Gasteiger partial charge >= 0.3 is 0 Å². The average Bonchev–Trinajstić information content (AvgIpc) is 1.88. The summed E-state index contributed by atoms with van der Waals surface area (Å²) in [7, 11) is 0. The maximum absolute atomic E-state index is 8.55. The molecule has 1 atom stereocenters. The number of nitrogens with two attached hydrogens (primary N) is 1. The van der Waals surface area contributed by atoms with Crippen molar-refractivity contribution in [3.8, 4) is 0 Å². The molecule has 0 aromatic carbocycles. The van der Waals surface area contributed by atoms with Gasteiger partial charge in [0.25, 0.3) is 0 Å². The first kappa shape index (κ1) is 8.92. The summed E-state index contributed by atoms with van der Waals surface area (Å²) in [5, 5.41) is 8.55. The predicted molar refractivity (Wildman–Crippen MR) is 39.2 cm³/mol. The molecule has 2 nitrogen and oxygen atoms in total. The molecular formula is C7H17NO. The quantitative estimate of drug-likeness (QED) is 0.578. The average molecular weight is 131 g/mol. The van der Waals surface area contributed by atoms with E-state index in [2.05, 4.69) is 6.92 Å². The van der Waals surface area contributed by atoms with Crippen LogP contribution in [0.25, 0.3) is 0 Å². The van der Waals surface area contributed by atoms with Gasteiger partial charge in [0.05, 0.1) is 0 Å². The second-order valence-corrected chi connectivity index (χ2v) is 2.36. The van der Waals surface area contributed by atoms with E-state index >= 15 is 0 Å². The number of aliphatic hydroxyl groups is 1. The molecule has 0 aliphatic carbocycles. The topological polar surface area (TPSA) is 46.2 Å². The van der Waals surface area contributed by atoms with E-state index in [-0.39, 0.29) is 0 Å². The van der Waals surface area contributed by atoms with Crippen molar-refractivity contribution in [2.24, 2.45) is 11.7 Å². The van der Waals surface area contributed by atoms with Gasteiger partial charge in [0, 0.05) is 6.61 Å². The van der Waals surface area contributed by atoms with Crippen LogP contribution in [0.15, 0.2) is 0 Å². The fraction of sp³-hybridized carbons (Fsp3) is 1.00. The third kappa shape index (κ3) is 4.43. The van der Waals surface area contributed by atoms with Crippen LogP contribution in [0.1, 0.15) is 26.2 Å². The van der Waals surface area contributed by atoms with E-state index in [1.165, 1.54) is 0 Å². The molecule has 9 heavy (non-hydrogen) atoms. The van der Waals surface area contributed by atoms with Gasteiger partial charge in [-0.15, -0.1) is 0 Å². The minimum atomic E-state index is 0.304. The summed E-state index contributed by atoms with van der Waals surface area (Å²) >= 11 is 0. The normalized spacial score (nSPS) is 13.7. The summed E-state index contributed by atoms with van der Waals surface area (Å²) in [5.41, 5.74) is 5.35. The number of aliphatic hydroxyl groups excluding tert-OH is 1. The summed E-state index contributed by atoms with van der Waals surface area (Å²) < 4.78 is 0. The van der Waals surface area contributed by atoms with Crippen LogP contribution in [-0.2, 0) is 0 Å². The molecule has 0 unspecified atom stereocenters. The largest absolute Gasteiger partial charge is 0.396 e. The summed E-state index contributed by atoms with van der Waals surface area (Å²) in [4.78, 5) is 0. The SMILES string of the molecule is CC[C@@H](CCN)CCO. The molecule has 0 aromatic rings. The van der Waals surface area contributed by atoms with Crippen molar-refractivity contribution in [3.05, 3.63) is 0 Å². The smallest absolute Gasteiger partial charge is 0.0433 e. The molecule has 0 spiro atoms. The van der Waals surface area contributed by atoms with Crippen molar-refractivity contribution < 1.29 is 5.11 Å². The van der Waals surface area contributed by atoms with Crippen molar-refractivity contribution in [2.45, 2.75) is 26.2 Å². The molecule has 0 radical (unpaired) electrons. The maximum Gasteiger partial charge on any atom is 0.0433 e. The van der Waals surface area contributed by atoms with E-state index in [9.17, 15) is 0 Å². The lowest BCUT2D eigenvalue weighted by molar-refractivity contribution is 0.250. The van der Waals surface area contributed by atoms with Crippen LogP contribution in [0.5, 0.6) is 0 Å². The summed E-state index contributed by atoms with van der Waals surface area (Å²) in [6, 6.07) is 0. The van der Waals surface area contributed by atoms with Crippen LogP contribution < -0.4 is 5.73 Å². The zero-order chi connectivity index (χ0) is 7.11. The predicted octanol–water partition coefficient (Wildman–Crippen LogP) is 0.744. The molecule has 0 heterocycles. The second-order valence-electron chi connectivity index (χ2n) is 2.36. The van der Waals surface area contributed by atoms with Gasteiger partial charge < -0.3 is 10.8 Å². The molecule has 0 saturated heterocycles. The molecule has 0 aliphatic rings. The molecule has 0 bridgehead atoms. The van der Waals surface area contributed by atoms with Gasteiger partial charge in [-0.1, -0.05) is 13.3 Å². The highest BCUT2D eigenvalue weighted by molar-refractivity contribution is 4.56. The standard InChI is InChI=1S/C7H17NO/c1-2-7(3-5-8)4-6-9/h7,9H,2-6,8H2,1H3/t7-/m0/s1. The van der Waals surface area contributed by atoms with Crippen molar-refractivity contribution in [1.29, 1.82) is 0 Å². The van der Waals surface area contributed by atoms with Gasteiger partial charge in [0.1, 0.15) is 0 Å². The maximum atomic E-state index is 8.55. The number of rotatable bonds is 5. The Morgan fingerprint density at radius 2 is 2.11 bits per heavy atom. The van der Waals surface area contributed by atoms with Crippen LogP contribution in [0, 0.1) is 5.92 Å². The fourth-order valence-electron chi connectivity index (χ4n) is 0.971. The van der Waals surface area contributed by atoms with E-state index < -0.39 is 0 Å². The van der Waals surface area contributed by atoms with Crippen LogP contribution in [0.4, 0.5) is 0 Å². The summed E-state index contributed by atoms with van der Waals surface area (Å²) in [6.07, 6.45) is 3.10. The Bertz CT molecular complexity index is 50.9. The monoisotopic (exact) mass is 131 g/mol. The molecule has 0 rings (SSSR count). The molecular weight excluding hydrogens is 114 g/mol. The molecule has 0 aromatic heterocycles. The van der Waals surface area contributed by atoms with Crippen molar-refractivity contribution >= 4 is 0 Å². The van der Waals surface area contributed by atoms with Gasteiger partial charge in [0.2, 0.25) is 0 Å². The van der Waals surface area contributed by atoms with E-state index in [4.69, 9.17) is 10.8 Å². The Kier molecular flexibility index (Phi) is 5.99. The summed E-state index contributed by atoms with van der Waals surface area (Å²) in [5.74, 6) is 0.639. The third-order valence-electron chi connectivity index (χ3n) is 1.69. The highest BCUT2D eigenvalue weighted by Gasteiger charge is 2.02. The molecule has 0 fully saturated rings. The lowest BCUT2D eigenvalue weighted by atomic mass is 9.99. The highest BCUT2D eigenvalue weighted by atomic mass is 16.3. The first-order chi connectivity index (χ1) is 4.35. The minimum absolute atomic E-state index is 0.304. The Balaban J connectivity index is 3.18. The van der Waals surface area contributed by atoms with Gasteiger partial charge in [-0.3, -0.25) is 0 Å². The zero-order valence-corrected chi connectivity index (χ0v) is 6.14. The Morgan fingerprint density at radius 1 is 1.44 bits per heavy atom. The zero-order valence-electron chi connectivity index (χ0n) is 6.14. The van der Waals surface area contributed by atoms with Crippen LogP contribution >= 0.6 is 0 Å². The Labute approximate surface area is 57.1 Å². The molecule has 2 heteroatoms. The van der Waals surface area contributed by atoms with E-state index in [0.717, 1.165) is 25.8 Å². The van der Waals surface area contributed by atoms with E-state index in [1.807, 2.05) is 0 Å². The highest BCUT2D eigenvalue weighted by Crippen LogP contribution is 2.10. The minimum Gasteiger partial charge on any atom is -0.396 e. The van der Waals surface area contributed by atoms with Crippen molar-refractivity contribution in [2.75, 3.05) is 13.2 Å². The third-order valence-corrected chi connectivity index (χ3v) is 1.69. The van der Waals surface area contributed by atoms with E-state index in [0.29, 0.717) is 12.5 Å². The van der Waals surface area contributed by atoms with Gasteiger partial charge in [-0.05, 0) is 25.3 Å². The van der Waals surface area contributed by atoms with Crippen molar-refractivity contribution in [3.63, 3.8) is 0 Å². The van der Waals surface area contributed by atoms with Gasteiger partial charge in [-0.25, -0.2) is 0 Å². The van der Waals surface area contributed by atoms with Crippen molar-refractivity contribution in [1.82, 2.24) is 0 Å². The van der Waals surface area contributed by atoms with Crippen LogP contribution in [0.3, 0.4) is 0 Å². The first-order valence-electron chi connectivity index (χ1n) is 3.66. The second kappa shape index (κ2) is 6.05. The Hall–Kier alpha value is -0.0800. The van der Waals surface area contributed by atoms with Gasteiger partial charge in [0.15, 0.2) is 0 Å². The molecule has 56 valence electrons. The Morgan fingerprint density at radius 3 is 2.44 bits per heavy atom.